The molecule has 1 N–H and O–H groups in total. The molecule has 0 aliphatic heterocycles. The molecule has 0 atom stereocenters. The molecule has 3 rings (SSSR count). The minimum Gasteiger partial charge on any atom is -0.246 e. The Balaban J connectivity index is 1.78. The minimum atomic E-state index is -3.78. The molecule has 2 aromatic carbocycles. The van der Waals surface area contributed by atoms with Crippen LogP contribution in [0.1, 0.15) is 16.7 Å². The number of sulfonamides is 1. The van der Waals surface area contributed by atoms with Crippen molar-refractivity contribution in [1.82, 2.24) is 14.8 Å². The molecule has 0 aliphatic carbocycles. The Morgan fingerprint density at radius 2 is 1.96 bits per heavy atom. The number of aryl methyl sites for hydroxylation is 2. The molecule has 8 heteroatoms. The monoisotopic (exact) mass is 360 g/mol. The Bertz CT molecular complexity index is 1010. The fourth-order valence-corrected chi connectivity index (χ4v) is 3.69. The van der Waals surface area contributed by atoms with Crippen LogP contribution in [0.3, 0.4) is 0 Å². The molecule has 3 aromatic rings. The number of aromatic nitrogens is 3. The molecule has 0 amide bonds. The molecule has 0 bridgehead atoms. The van der Waals surface area contributed by atoms with E-state index in [4.69, 9.17) is 0 Å². The molecule has 0 spiro atoms. The number of nitrogens with zero attached hydrogens (tertiary/aromatic N) is 3. The van der Waals surface area contributed by atoms with E-state index in [1.54, 1.807) is 37.3 Å². The second kappa shape index (κ2) is 6.64. The molecule has 0 aliphatic rings. The maximum atomic E-state index is 13.2. The standard InChI is InChI=1S/C17H17FN4O2S/c1-12-6-7-16(13(2)8-12)25(23,24)21-17-19-11-22(20-17)10-14-4-3-5-15(18)9-14/h3-9,11H,10H2,1-2H3,(H,20,21). The second-order valence-electron chi connectivity index (χ2n) is 5.77. The third kappa shape index (κ3) is 4.03. The van der Waals surface area contributed by atoms with Gasteiger partial charge in [-0.3, -0.25) is 0 Å². The van der Waals surface area contributed by atoms with Crippen molar-refractivity contribution >= 4 is 16.0 Å². The number of halogens is 1. The van der Waals surface area contributed by atoms with Crippen LogP contribution in [0.15, 0.2) is 53.7 Å². The van der Waals surface area contributed by atoms with E-state index in [-0.39, 0.29) is 23.2 Å². The Hall–Kier alpha value is -2.74. The molecular weight excluding hydrogens is 343 g/mol. The highest BCUT2D eigenvalue weighted by Gasteiger charge is 2.18. The molecule has 0 saturated heterocycles. The van der Waals surface area contributed by atoms with Crippen molar-refractivity contribution in [2.75, 3.05) is 4.72 Å². The lowest BCUT2D eigenvalue weighted by Crippen LogP contribution is -2.15. The van der Waals surface area contributed by atoms with Gasteiger partial charge in [0.1, 0.15) is 12.1 Å². The Kier molecular flexibility index (Phi) is 4.54. The van der Waals surface area contributed by atoms with Gasteiger partial charge in [-0.25, -0.2) is 22.2 Å². The molecular formula is C17H17FN4O2S. The predicted octanol–water partition coefficient (Wildman–Crippen LogP) is 2.88. The lowest BCUT2D eigenvalue weighted by atomic mass is 10.2. The first kappa shape index (κ1) is 17.1. The Morgan fingerprint density at radius 1 is 1.16 bits per heavy atom. The van der Waals surface area contributed by atoms with Crippen LogP contribution in [0.2, 0.25) is 0 Å². The largest absolute Gasteiger partial charge is 0.264 e. The molecule has 0 unspecified atom stereocenters. The number of rotatable bonds is 5. The van der Waals surface area contributed by atoms with Gasteiger partial charge in [-0.05, 0) is 43.2 Å². The predicted molar refractivity (Wildman–Crippen MR) is 92.2 cm³/mol. The molecule has 6 nitrogen and oxygen atoms in total. The zero-order valence-corrected chi connectivity index (χ0v) is 14.6. The fourth-order valence-electron chi connectivity index (χ4n) is 2.52. The SMILES string of the molecule is Cc1ccc(S(=O)(=O)Nc2ncn(Cc3cccc(F)c3)n2)c(C)c1. The van der Waals surface area contributed by atoms with Crippen LogP contribution in [-0.4, -0.2) is 23.2 Å². The zero-order chi connectivity index (χ0) is 18.0. The van der Waals surface area contributed by atoms with Crippen LogP contribution >= 0.6 is 0 Å². The lowest BCUT2D eigenvalue weighted by Gasteiger charge is -2.08. The molecule has 25 heavy (non-hydrogen) atoms. The summed E-state index contributed by atoms with van der Waals surface area (Å²) < 4.78 is 42.0. The number of hydrogen-bond donors (Lipinski definition) is 1. The van der Waals surface area contributed by atoms with E-state index in [0.717, 1.165) is 5.56 Å². The summed E-state index contributed by atoms with van der Waals surface area (Å²) in [5, 5.41) is 4.09. The highest BCUT2D eigenvalue weighted by Crippen LogP contribution is 2.18. The maximum absolute atomic E-state index is 13.2. The zero-order valence-electron chi connectivity index (χ0n) is 13.8. The molecule has 130 valence electrons. The topological polar surface area (TPSA) is 76.9 Å². The summed E-state index contributed by atoms with van der Waals surface area (Å²) in [6.07, 6.45) is 1.39. The number of benzene rings is 2. The van der Waals surface area contributed by atoms with Crippen LogP contribution < -0.4 is 4.72 Å². The van der Waals surface area contributed by atoms with Crippen molar-refractivity contribution in [2.45, 2.75) is 25.3 Å². The first-order valence-corrected chi connectivity index (χ1v) is 9.06. The van der Waals surface area contributed by atoms with Crippen molar-refractivity contribution in [1.29, 1.82) is 0 Å². The van der Waals surface area contributed by atoms with E-state index in [2.05, 4.69) is 14.8 Å². The lowest BCUT2D eigenvalue weighted by molar-refractivity contribution is 0.600. The van der Waals surface area contributed by atoms with Gasteiger partial charge in [0.05, 0.1) is 11.4 Å². The number of hydrogen-bond acceptors (Lipinski definition) is 4. The summed E-state index contributed by atoms with van der Waals surface area (Å²) in [6, 6.07) is 11.2. The Labute approximate surface area is 145 Å². The van der Waals surface area contributed by atoms with Crippen molar-refractivity contribution in [3.8, 4) is 0 Å². The van der Waals surface area contributed by atoms with Crippen LogP contribution in [0, 0.1) is 19.7 Å². The first-order valence-electron chi connectivity index (χ1n) is 7.57. The summed E-state index contributed by atoms with van der Waals surface area (Å²) >= 11 is 0. The summed E-state index contributed by atoms with van der Waals surface area (Å²) in [5.74, 6) is -0.371. The quantitative estimate of drug-likeness (QED) is 0.759. The summed E-state index contributed by atoms with van der Waals surface area (Å²) in [6.45, 7) is 3.92. The molecule has 1 aromatic heterocycles. The summed E-state index contributed by atoms with van der Waals surface area (Å²) in [7, 11) is -3.78. The second-order valence-corrected chi connectivity index (χ2v) is 7.42. The van der Waals surface area contributed by atoms with Crippen molar-refractivity contribution in [2.24, 2.45) is 0 Å². The van der Waals surface area contributed by atoms with Gasteiger partial charge in [-0.1, -0.05) is 29.8 Å². The minimum absolute atomic E-state index is 0.0311. The normalized spacial score (nSPS) is 11.5. The van der Waals surface area contributed by atoms with Gasteiger partial charge in [-0.15, -0.1) is 5.10 Å². The molecule has 0 radical (unpaired) electrons. The number of nitrogens with one attached hydrogen (secondary N) is 1. The average Bonchev–Trinajstić information content (AvgIpc) is 2.93. The van der Waals surface area contributed by atoms with Gasteiger partial charge in [0.25, 0.3) is 16.0 Å². The van der Waals surface area contributed by atoms with E-state index in [9.17, 15) is 12.8 Å². The van der Waals surface area contributed by atoms with Gasteiger partial charge in [0.15, 0.2) is 0 Å². The van der Waals surface area contributed by atoms with Crippen LogP contribution in [-0.2, 0) is 16.6 Å². The van der Waals surface area contributed by atoms with Gasteiger partial charge < -0.3 is 0 Å². The maximum Gasteiger partial charge on any atom is 0.264 e. The van der Waals surface area contributed by atoms with Gasteiger partial charge in [-0.2, -0.15) is 4.98 Å². The van der Waals surface area contributed by atoms with Crippen molar-refractivity contribution < 1.29 is 12.8 Å². The summed E-state index contributed by atoms with van der Waals surface area (Å²) in [5.41, 5.74) is 2.33. The highest BCUT2D eigenvalue weighted by molar-refractivity contribution is 7.92. The van der Waals surface area contributed by atoms with Crippen LogP contribution in [0.4, 0.5) is 10.3 Å². The third-order valence-corrected chi connectivity index (χ3v) is 5.10. The number of anilines is 1. The van der Waals surface area contributed by atoms with E-state index in [0.29, 0.717) is 11.1 Å². The van der Waals surface area contributed by atoms with Crippen LogP contribution in [0.25, 0.3) is 0 Å². The van der Waals surface area contributed by atoms with E-state index < -0.39 is 10.0 Å². The molecule has 0 saturated carbocycles. The smallest absolute Gasteiger partial charge is 0.246 e. The summed E-state index contributed by atoms with van der Waals surface area (Å²) in [4.78, 5) is 4.14. The highest BCUT2D eigenvalue weighted by atomic mass is 32.2. The molecule has 0 fully saturated rings. The van der Waals surface area contributed by atoms with E-state index >= 15 is 0 Å². The van der Waals surface area contributed by atoms with Gasteiger partial charge >= 0.3 is 0 Å². The Morgan fingerprint density at radius 3 is 2.68 bits per heavy atom. The molecule has 1 heterocycles. The van der Waals surface area contributed by atoms with E-state index in [1.165, 1.54) is 23.1 Å². The van der Waals surface area contributed by atoms with E-state index in [1.807, 2.05) is 6.92 Å². The van der Waals surface area contributed by atoms with Crippen molar-refractivity contribution in [3.63, 3.8) is 0 Å². The fraction of sp³-hybridized carbons (Fsp3) is 0.176. The first-order chi connectivity index (χ1) is 11.8. The van der Waals surface area contributed by atoms with Gasteiger partial charge in [0.2, 0.25) is 0 Å². The van der Waals surface area contributed by atoms with Gasteiger partial charge in [0, 0.05) is 0 Å². The van der Waals surface area contributed by atoms with Crippen LogP contribution in [0.5, 0.6) is 0 Å². The third-order valence-electron chi connectivity index (χ3n) is 3.62. The van der Waals surface area contributed by atoms with Crippen molar-refractivity contribution in [3.05, 3.63) is 71.3 Å². The average molecular weight is 360 g/mol.